The van der Waals surface area contributed by atoms with Crippen LogP contribution in [-0.4, -0.2) is 31.7 Å². The largest absolute Gasteiger partial charge is 0.445 e. The molecule has 1 saturated carbocycles. The van der Waals surface area contributed by atoms with Crippen LogP contribution in [0.4, 0.5) is 0 Å². The molecule has 152 valence electrons. The molecule has 5 rings (SSSR count). The summed E-state index contributed by atoms with van der Waals surface area (Å²) < 4.78 is 8.17. The molecule has 0 atom stereocenters. The van der Waals surface area contributed by atoms with E-state index in [2.05, 4.69) is 43.8 Å². The van der Waals surface area contributed by atoms with Crippen molar-refractivity contribution in [1.29, 1.82) is 0 Å². The van der Waals surface area contributed by atoms with Gasteiger partial charge >= 0.3 is 0 Å². The molecule has 1 aliphatic carbocycles. The van der Waals surface area contributed by atoms with E-state index in [4.69, 9.17) is 16.0 Å². The SMILES string of the molecule is Cc1nc(C2CCC(c3nnc4n3-c3ccc(Cl)cc3CN(C)C4)CC2)oc1C. The summed E-state index contributed by atoms with van der Waals surface area (Å²) in [6, 6.07) is 6.14. The minimum absolute atomic E-state index is 0.400. The topological polar surface area (TPSA) is 60.0 Å². The highest BCUT2D eigenvalue weighted by atomic mass is 35.5. The van der Waals surface area contributed by atoms with Crippen molar-refractivity contribution in [3.05, 3.63) is 57.8 Å². The number of oxazole rings is 1. The maximum absolute atomic E-state index is 6.28. The van der Waals surface area contributed by atoms with E-state index in [1.54, 1.807) is 0 Å². The lowest BCUT2D eigenvalue weighted by molar-refractivity contribution is 0.314. The minimum atomic E-state index is 0.400. The molecule has 3 heterocycles. The molecule has 2 aliphatic rings. The molecule has 1 fully saturated rings. The van der Waals surface area contributed by atoms with Gasteiger partial charge in [0.25, 0.3) is 0 Å². The van der Waals surface area contributed by atoms with Crippen LogP contribution in [0.3, 0.4) is 0 Å². The Balaban J connectivity index is 1.44. The van der Waals surface area contributed by atoms with Crippen LogP contribution in [0.2, 0.25) is 5.02 Å². The summed E-state index contributed by atoms with van der Waals surface area (Å²) in [5, 5.41) is 9.98. The number of benzene rings is 1. The van der Waals surface area contributed by atoms with Crippen molar-refractivity contribution in [3.63, 3.8) is 0 Å². The zero-order valence-electron chi connectivity index (χ0n) is 17.2. The summed E-state index contributed by atoms with van der Waals surface area (Å²) >= 11 is 6.28. The molecule has 0 amide bonds. The van der Waals surface area contributed by atoms with Gasteiger partial charge in [0.2, 0.25) is 0 Å². The van der Waals surface area contributed by atoms with E-state index in [0.29, 0.717) is 11.8 Å². The standard InChI is InChI=1S/C22H26ClN5O/c1-13-14(2)29-22(24-13)16-6-4-15(5-7-16)21-26-25-20-12-27(3)11-17-10-18(23)8-9-19(17)28(20)21/h8-10,15-16H,4-7,11-12H2,1-3H3. The van der Waals surface area contributed by atoms with Crippen LogP contribution < -0.4 is 0 Å². The van der Waals surface area contributed by atoms with Crippen molar-refractivity contribution >= 4 is 11.6 Å². The lowest BCUT2D eigenvalue weighted by Crippen LogP contribution is -2.17. The van der Waals surface area contributed by atoms with Gasteiger partial charge in [0.1, 0.15) is 11.6 Å². The summed E-state index contributed by atoms with van der Waals surface area (Å²) in [6.45, 7) is 5.64. The summed E-state index contributed by atoms with van der Waals surface area (Å²) in [7, 11) is 2.11. The highest BCUT2D eigenvalue weighted by molar-refractivity contribution is 6.30. The van der Waals surface area contributed by atoms with Gasteiger partial charge < -0.3 is 4.42 Å². The number of nitrogens with zero attached hydrogens (tertiary/aromatic N) is 5. The average molecular weight is 412 g/mol. The predicted octanol–water partition coefficient (Wildman–Crippen LogP) is 4.91. The Morgan fingerprint density at radius 3 is 2.52 bits per heavy atom. The molecule has 0 bridgehead atoms. The Kier molecular flexibility index (Phi) is 4.71. The van der Waals surface area contributed by atoms with Crippen LogP contribution in [0.1, 0.15) is 72.1 Å². The van der Waals surface area contributed by atoms with Gasteiger partial charge in [-0.3, -0.25) is 9.47 Å². The molecule has 1 aromatic carbocycles. The average Bonchev–Trinajstić information content (AvgIpc) is 3.21. The molecular formula is C22H26ClN5O. The minimum Gasteiger partial charge on any atom is -0.445 e. The van der Waals surface area contributed by atoms with E-state index in [0.717, 1.165) is 78.5 Å². The quantitative estimate of drug-likeness (QED) is 0.599. The molecule has 2 aromatic heterocycles. The maximum Gasteiger partial charge on any atom is 0.197 e. The highest BCUT2D eigenvalue weighted by Gasteiger charge is 2.32. The Morgan fingerprint density at radius 1 is 1.03 bits per heavy atom. The monoisotopic (exact) mass is 411 g/mol. The number of rotatable bonds is 2. The second-order valence-electron chi connectivity index (χ2n) is 8.50. The first-order valence-corrected chi connectivity index (χ1v) is 10.7. The van der Waals surface area contributed by atoms with Crippen LogP contribution in [-0.2, 0) is 13.1 Å². The van der Waals surface area contributed by atoms with Crippen molar-refractivity contribution in [2.24, 2.45) is 0 Å². The van der Waals surface area contributed by atoms with E-state index in [9.17, 15) is 0 Å². The smallest absolute Gasteiger partial charge is 0.197 e. The van der Waals surface area contributed by atoms with Gasteiger partial charge in [0.15, 0.2) is 11.7 Å². The van der Waals surface area contributed by atoms with Gasteiger partial charge in [-0.15, -0.1) is 10.2 Å². The third kappa shape index (κ3) is 3.38. The van der Waals surface area contributed by atoms with Crippen molar-refractivity contribution in [2.75, 3.05) is 7.05 Å². The fourth-order valence-electron chi connectivity index (χ4n) is 4.72. The summed E-state index contributed by atoms with van der Waals surface area (Å²) in [5.74, 6) is 4.73. The van der Waals surface area contributed by atoms with Gasteiger partial charge in [-0.05, 0) is 70.3 Å². The summed E-state index contributed by atoms with van der Waals surface area (Å²) in [6.07, 6.45) is 4.28. The Labute approximate surface area is 175 Å². The fourth-order valence-corrected chi connectivity index (χ4v) is 4.91. The van der Waals surface area contributed by atoms with Crippen molar-refractivity contribution in [3.8, 4) is 5.69 Å². The normalized spacial score (nSPS) is 22.2. The molecular weight excluding hydrogens is 386 g/mol. The van der Waals surface area contributed by atoms with Gasteiger partial charge in [-0.2, -0.15) is 0 Å². The van der Waals surface area contributed by atoms with Gasteiger partial charge in [-0.1, -0.05) is 11.6 Å². The van der Waals surface area contributed by atoms with Gasteiger partial charge in [-0.25, -0.2) is 4.98 Å². The molecule has 7 heteroatoms. The first-order valence-electron chi connectivity index (χ1n) is 10.3. The Bertz CT molecular complexity index is 1030. The lowest BCUT2D eigenvalue weighted by atomic mass is 9.81. The maximum atomic E-state index is 6.28. The molecule has 0 N–H and O–H groups in total. The molecule has 0 unspecified atom stereocenters. The zero-order chi connectivity index (χ0) is 20.1. The third-order valence-electron chi connectivity index (χ3n) is 6.38. The molecule has 3 aromatic rings. The van der Waals surface area contributed by atoms with Gasteiger partial charge in [0.05, 0.1) is 17.9 Å². The fraction of sp³-hybridized carbons (Fsp3) is 0.500. The second kappa shape index (κ2) is 7.26. The van der Waals surface area contributed by atoms with Crippen molar-refractivity contribution in [2.45, 2.75) is 64.5 Å². The van der Waals surface area contributed by atoms with E-state index in [1.165, 1.54) is 5.56 Å². The van der Waals surface area contributed by atoms with E-state index >= 15 is 0 Å². The number of halogens is 1. The molecule has 1 aliphatic heterocycles. The van der Waals surface area contributed by atoms with Gasteiger partial charge in [0, 0.05) is 23.4 Å². The van der Waals surface area contributed by atoms with Crippen molar-refractivity contribution in [1.82, 2.24) is 24.6 Å². The van der Waals surface area contributed by atoms with E-state index in [1.807, 2.05) is 19.9 Å². The Hall–Kier alpha value is -2.18. The van der Waals surface area contributed by atoms with Crippen LogP contribution in [0, 0.1) is 13.8 Å². The van der Waals surface area contributed by atoms with Crippen LogP contribution in [0.15, 0.2) is 22.6 Å². The second-order valence-corrected chi connectivity index (χ2v) is 8.93. The molecule has 0 spiro atoms. The van der Waals surface area contributed by atoms with Crippen molar-refractivity contribution < 1.29 is 4.42 Å². The first-order chi connectivity index (χ1) is 14.0. The van der Waals surface area contributed by atoms with E-state index < -0.39 is 0 Å². The number of hydrogen-bond donors (Lipinski definition) is 0. The number of aryl methyl sites for hydroxylation is 2. The molecule has 29 heavy (non-hydrogen) atoms. The number of aromatic nitrogens is 4. The molecule has 0 radical (unpaired) electrons. The number of hydrogen-bond acceptors (Lipinski definition) is 5. The first kappa shape index (κ1) is 18.8. The number of fused-ring (bicyclic) bond motifs is 3. The summed E-state index contributed by atoms with van der Waals surface area (Å²) in [4.78, 5) is 6.89. The predicted molar refractivity (Wildman–Crippen MR) is 111 cm³/mol. The Morgan fingerprint density at radius 2 is 1.79 bits per heavy atom. The van der Waals surface area contributed by atoms with Crippen LogP contribution >= 0.6 is 11.6 Å². The third-order valence-corrected chi connectivity index (χ3v) is 6.61. The molecule has 0 saturated heterocycles. The highest BCUT2D eigenvalue weighted by Crippen LogP contribution is 2.41. The lowest BCUT2D eigenvalue weighted by Gasteiger charge is -2.26. The summed E-state index contributed by atoms with van der Waals surface area (Å²) in [5.41, 5.74) is 3.39. The van der Waals surface area contributed by atoms with E-state index in [-0.39, 0.29) is 0 Å². The zero-order valence-corrected chi connectivity index (χ0v) is 17.9. The molecule has 6 nitrogen and oxygen atoms in total. The van der Waals surface area contributed by atoms with Crippen LogP contribution in [0.25, 0.3) is 5.69 Å². The van der Waals surface area contributed by atoms with Crippen LogP contribution in [0.5, 0.6) is 0 Å².